The number of nitro groups is 1. The summed E-state index contributed by atoms with van der Waals surface area (Å²) in [4.78, 5) is 40.4. The molecule has 0 aliphatic heterocycles. The topological polar surface area (TPSA) is 117 Å². The Morgan fingerprint density at radius 2 is 1.58 bits per heavy atom. The minimum atomic E-state index is -0.545. The molecule has 0 radical (unpaired) electrons. The number of H-pyrrole nitrogens is 1. The molecule has 188 valence electrons. The van der Waals surface area contributed by atoms with Crippen LogP contribution in [-0.2, 0) is 4.79 Å². The number of rotatable bonds is 8. The average molecular weight is 523 g/mol. The standard InChI is InChI=1S/C29H22N4O4S/c34-28(21-10-13-24(14-11-21)33(36)37)31-22-7-4-8-25(17-22)38-27(20-5-2-1-3-6-20)29(35)32-23-12-9-19-15-16-30-26(19)18-23/h1-18,27,30H,(H,31,34)(H,32,35). The molecule has 0 spiro atoms. The van der Waals surface area contributed by atoms with Gasteiger partial charge in [-0.3, -0.25) is 19.7 Å². The number of hydrogen-bond acceptors (Lipinski definition) is 5. The van der Waals surface area contributed by atoms with Crippen molar-refractivity contribution in [2.24, 2.45) is 0 Å². The Morgan fingerprint density at radius 3 is 2.34 bits per heavy atom. The Morgan fingerprint density at radius 1 is 0.816 bits per heavy atom. The quantitative estimate of drug-likeness (QED) is 0.118. The molecule has 2 amide bonds. The zero-order valence-corrected chi connectivity index (χ0v) is 20.8. The lowest BCUT2D eigenvalue weighted by atomic mass is 10.1. The van der Waals surface area contributed by atoms with Crippen LogP contribution >= 0.6 is 11.8 Å². The van der Waals surface area contributed by atoms with E-state index in [4.69, 9.17) is 0 Å². The second-order valence-corrected chi connectivity index (χ2v) is 9.64. The van der Waals surface area contributed by atoms with Gasteiger partial charge < -0.3 is 15.6 Å². The lowest BCUT2D eigenvalue weighted by molar-refractivity contribution is -0.384. The van der Waals surface area contributed by atoms with Crippen molar-refractivity contribution < 1.29 is 14.5 Å². The van der Waals surface area contributed by atoms with Gasteiger partial charge in [-0.2, -0.15) is 0 Å². The molecule has 8 nitrogen and oxygen atoms in total. The van der Waals surface area contributed by atoms with Gasteiger partial charge in [0, 0.05) is 45.7 Å². The molecule has 0 fully saturated rings. The smallest absolute Gasteiger partial charge is 0.269 e. The van der Waals surface area contributed by atoms with Gasteiger partial charge in [0.1, 0.15) is 5.25 Å². The first-order valence-corrected chi connectivity index (χ1v) is 12.6. The van der Waals surface area contributed by atoms with E-state index in [-0.39, 0.29) is 17.5 Å². The van der Waals surface area contributed by atoms with Crippen molar-refractivity contribution in [3.63, 3.8) is 0 Å². The van der Waals surface area contributed by atoms with E-state index in [1.165, 1.54) is 36.0 Å². The maximum atomic E-state index is 13.5. The summed E-state index contributed by atoms with van der Waals surface area (Å²) < 4.78 is 0. The van der Waals surface area contributed by atoms with E-state index in [1.807, 2.05) is 66.9 Å². The first-order valence-electron chi connectivity index (χ1n) is 11.7. The summed E-state index contributed by atoms with van der Waals surface area (Å²) in [6.45, 7) is 0. The summed E-state index contributed by atoms with van der Waals surface area (Å²) in [6, 6.07) is 29.8. The van der Waals surface area contributed by atoms with Crippen LogP contribution in [-0.4, -0.2) is 21.7 Å². The van der Waals surface area contributed by atoms with Crippen LogP contribution in [0.3, 0.4) is 0 Å². The SMILES string of the molecule is O=C(Nc1cccc(SC(C(=O)Nc2ccc3cc[nH]c3c2)c2ccccc2)c1)c1ccc([N+](=O)[O-])cc1. The van der Waals surface area contributed by atoms with Crippen molar-refractivity contribution in [3.05, 3.63) is 131 Å². The Kier molecular flexibility index (Phi) is 7.19. The van der Waals surface area contributed by atoms with Crippen LogP contribution in [0.5, 0.6) is 0 Å². The Hall–Kier alpha value is -4.89. The summed E-state index contributed by atoms with van der Waals surface area (Å²) in [5.74, 6) is -0.563. The minimum Gasteiger partial charge on any atom is -0.361 e. The molecular formula is C29H22N4O4S. The molecule has 0 bridgehead atoms. The summed E-state index contributed by atoms with van der Waals surface area (Å²) >= 11 is 1.37. The minimum absolute atomic E-state index is 0.0852. The van der Waals surface area contributed by atoms with Gasteiger partial charge in [0.2, 0.25) is 5.91 Å². The van der Waals surface area contributed by atoms with E-state index >= 15 is 0 Å². The number of thioether (sulfide) groups is 1. The van der Waals surface area contributed by atoms with E-state index in [2.05, 4.69) is 15.6 Å². The molecule has 0 saturated carbocycles. The van der Waals surface area contributed by atoms with Gasteiger partial charge in [-0.05, 0) is 59.5 Å². The van der Waals surface area contributed by atoms with E-state index in [1.54, 1.807) is 18.2 Å². The third-order valence-corrected chi connectivity index (χ3v) is 7.10. The molecule has 5 rings (SSSR count). The van der Waals surface area contributed by atoms with Crippen molar-refractivity contribution in [1.82, 2.24) is 4.98 Å². The second-order valence-electron chi connectivity index (χ2n) is 8.46. The average Bonchev–Trinajstić information content (AvgIpc) is 3.40. The first kappa shape index (κ1) is 24.8. The summed E-state index contributed by atoms with van der Waals surface area (Å²) in [5.41, 5.74) is 3.23. The number of nitrogens with one attached hydrogen (secondary N) is 3. The van der Waals surface area contributed by atoms with Crippen molar-refractivity contribution in [2.75, 3.05) is 10.6 Å². The van der Waals surface area contributed by atoms with E-state index < -0.39 is 10.2 Å². The van der Waals surface area contributed by atoms with Gasteiger partial charge in [-0.1, -0.05) is 42.5 Å². The molecule has 1 unspecified atom stereocenters. The molecule has 3 N–H and O–H groups in total. The molecule has 1 heterocycles. The third kappa shape index (κ3) is 5.74. The van der Waals surface area contributed by atoms with Crippen LogP contribution in [0.25, 0.3) is 10.9 Å². The number of hydrogen-bond donors (Lipinski definition) is 3. The maximum Gasteiger partial charge on any atom is 0.269 e. The number of aromatic nitrogens is 1. The number of nitrogens with zero attached hydrogens (tertiary/aromatic N) is 1. The molecular weight excluding hydrogens is 500 g/mol. The van der Waals surface area contributed by atoms with Crippen LogP contribution in [0.4, 0.5) is 17.1 Å². The van der Waals surface area contributed by atoms with Gasteiger partial charge >= 0.3 is 0 Å². The fourth-order valence-electron chi connectivity index (χ4n) is 3.96. The predicted molar refractivity (Wildman–Crippen MR) is 149 cm³/mol. The highest BCUT2D eigenvalue weighted by atomic mass is 32.2. The molecule has 1 atom stereocenters. The zero-order valence-electron chi connectivity index (χ0n) is 20.0. The number of nitro benzene ring substituents is 1. The Bertz CT molecular complexity index is 1620. The largest absolute Gasteiger partial charge is 0.361 e. The second kappa shape index (κ2) is 11.0. The first-order chi connectivity index (χ1) is 18.5. The molecule has 9 heteroatoms. The van der Waals surface area contributed by atoms with Crippen molar-refractivity contribution in [1.29, 1.82) is 0 Å². The van der Waals surface area contributed by atoms with Gasteiger partial charge in [-0.15, -0.1) is 11.8 Å². The molecule has 38 heavy (non-hydrogen) atoms. The van der Waals surface area contributed by atoms with Crippen molar-refractivity contribution in [2.45, 2.75) is 10.1 Å². The Balaban J connectivity index is 1.34. The fraction of sp³-hybridized carbons (Fsp3) is 0.0345. The molecule has 4 aromatic carbocycles. The van der Waals surface area contributed by atoms with Gasteiger partial charge in [0.15, 0.2) is 0 Å². The lowest BCUT2D eigenvalue weighted by Gasteiger charge is -2.18. The van der Waals surface area contributed by atoms with Gasteiger partial charge in [0.25, 0.3) is 11.6 Å². The number of amides is 2. The number of carbonyl (C=O) groups is 2. The van der Waals surface area contributed by atoms with Crippen LogP contribution in [0.15, 0.2) is 114 Å². The van der Waals surface area contributed by atoms with Crippen LogP contribution in [0.2, 0.25) is 0 Å². The zero-order chi connectivity index (χ0) is 26.5. The molecule has 5 aromatic rings. The number of fused-ring (bicyclic) bond motifs is 1. The van der Waals surface area contributed by atoms with E-state index in [0.29, 0.717) is 16.9 Å². The number of benzene rings is 4. The maximum absolute atomic E-state index is 13.5. The highest BCUT2D eigenvalue weighted by Gasteiger charge is 2.23. The normalized spacial score (nSPS) is 11.6. The third-order valence-electron chi connectivity index (χ3n) is 5.85. The van der Waals surface area contributed by atoms with Crippen molar-refractivity contribution >= 4 is 51.5 Å². The number of aromatic amines is 1. The van der Waals surface area contributed by atoms with Crippen LogP contribution in [0.1, 0.15) is 21.2 Å². The summed E-state index contributed by atoms with van der Waals surface area (Å²) in [7, 11) is 0. The van der Waals surface area contributed by atoms with Gasteiger partial charge in [-0.25, -0.2) is 0 Å². The van der Waals surface area contributed by atoms with Crippen LogP contribution < -0.4 is 10.6 Å². The Labute approximate surface area is 222 Å². The number of anilines is 2. The molecule has 0 aliphatic carbocycles. The number of non-ortho nitro benzene ring substituents is 1. The van der Waals surface area contributed by atoms with E-state index in [9.17, 15) is 19.7 Å². The highest BCUT2D eigenvalue weighted by molar-refractivity contribution is 8.00. The highest BCUT2D eigenvalue weighted by Crippen LogP contribution is 2.37. The number of carbonyl (C=O) groups excluding carboxylic acids is 2. The molecule has 0 aliphatic rings. The molecule has 1 aromatic heterocycles. The van der Waals surface area contributed by atoms with Crippen LogP contribution in [0, 0.1) is 10.1 Å². The summed E-state index contributed by atoms with van der Waals surface area (Å²) in [5, 5.41) is 17.2. The summed E-state index contributed by atoms with van der Waals surface area (Å²) in [6.07, 6.45) is 1.85. The van der Waals surface area contributed by atoms with Gasteiger partial charge in [0.05, 0.1) is 4.92 Å². The predicted octanol–water partition coefficient (Wildman–Crippen LogP) is 6.80. The molecule has 0 saturated heterocycles. The van der Waals surface area contributed by atoms with Crippen molar-refractivity contribution in [3.8, 4) is 0 Å². The monoisotopic (exact) mass is 522 g/mol. The van der Waals surface area contributed by atoms with E-state index in [0.717, 1.165) is 21.4 Å². The fourth-order valence-corrected chi connectivity index (χ4v) is 5.04. The lowest BCUT2D eigenvalue weighted by Crippen LogP contribution is -2.19.